The van der Waals surface area contributed by atoms with Gasteiger partial charge >= 0.3 is 0 Å². The van der Waals surface area contributed by atoms with Crippen LogP contribution in [0, 0.1) is 5.82 Å². The van der Waals surface area contributed by atoms with Crippen molar-refractivity contribution in [2.75, 3.05) is 19.7 Å². The van der Waals surface area contributed by atoms with Crippen LogP contribution in [0.3, 0.4) is 0 Å². The number of ether oxygens (including phenoxy) is 1. The van der Waals surface area contributed by atoms with Gasteiger partial charge in [0.25, 0.3) is 5.91 Å². The third kappa shape index (κ3) is 6.70. The van der Waals surface area contributed by atoms with E-state index in [4.69, 9.17) is 4.74 Å². The van der Waals surface area contributed by atoms with Crippen LogP contribution in [0.1, 0.15) is 79.3 Å². The molecule has 0 atom stereocenters. The summed E-state index contributed by atoms with van der Waals surface area (Å²) < 4.78 is 21.9. The molecule has 1 aliphatic rings. The fourth-order valence-corrected chi connectivity index (χ4v) is 5.73. The van der Waals surface area contributed by atoms with E-state index >= 15 is 0 Å². The zero-order valence-corrected chi connectivity index (χ0v) is 22.9. The molecule has 5 rings (SSSR count). The van der Waals surface area contributed by atoms with Gasteiger partial charge in [0.05, 0.1) is 6.61 Å². The summed E-state index contributed by atoms with van der Waals surface area (Å²) in [7, 11) is 0. The summed E-state index contributed by atoms with van der Waals surface area (Å²) in [5.74, 6) is 1.10. The second-order valence-corrected chi connectivity index (χ2v) is 10.7. The maximum atomic E-state index is 13.8. The minimum atomic E-state index is -0.207. The van der Waals surface area contributed by atoms with Gasteiger partial charge in [0.1, 0.15) is 11.6 Å². The van der Waals surface area contributed by atoms with Crippen LogP contribution >= 0.6 is 0 Å². The Morgan fingerprint density at radius 3 is 2.46 bits per heavy atom. The van der Waals surface area contributed by atoms with Gasteiger partial charge in [0.15, 0.2) is 0 Å². The highest BCUT2D eigenvalue weighted by atomic mass is 19.1. The van der Waals surface area contributed by atoms with Crippen LogP contribution in [0.25, 0.3) is 10.9 Å². The Morgan fingerprint density at radius 2 is 1.69 bits per heavy atom. The molecule has 204 valence electrons. The SMILES string of the molecule is CCCCCCCOc1ccc(C(=O)N2CCC(c3cn(Cc4cccc(F)c4)c4ccccc34)CC2)cc1. The second-order valence-electron chi connectivity index (χ2n) is 10.7. The molecule has 2 heterocycles. The first-order chi connectivity index (χ1) is 19.1. The number of piperidine rings is 1. The van der Waals surface area contributed by atoms with Crippen molar-refractivity contribution in [2.45, 2.75) is 64.3 Å². The lowest BCUT2D eigenvalue weighted by Gasteiger charge is -2.32. The summed E-state index contributed by atoms with van der Waals surface area (Å²) in [6.07, 6.45) is 10.2. The highest BCUT2D eigenvalue weighted by molar-refractivity contribution is 5.94. The average molecular weight is 527 g/mol. The number of fused-ring (bicyclic) bond motifs is 1. The number of benzene rings is 3. The summed E-state index contributed by atoms with van der Waals surface area (Å²) in [4.78, 5) is 15.2. The number of aromatic nitrogens is 1. The molecule has 0 radical (unpaired) electrons. The van der Waals surface area contributed by atoms with Crippen LogP contribution in [0.15, 0.2) is 79.0 Å². The van der Waals surface area contributed by atoms with Gasteiger partial charge in [-0.1, -0.05) is 62.9 Å². The van der Waals surface area contributed by atoms with Gasteiger partial charge < -0.3 is 14.2 Å². The standard InChI is InChI=1S/C34H39FN2O2/c1-2-3-4-5-8-22-39-30-16-14-28(15-17-30)34(38)36-20-18-27(19-21-36)32-25-37(33-13-7-6-12-31(32)33)24-26-10-9-11-29(35)23-26/h6-7,9-17,23,25,27H,2-5,8,18-22,24H2,1H3. The molecular weight excluding hydrogens is 487 g/mol. The van der Waals surface area contributed by atoms with E-state index in [2.05, 4.69) is 42.0 Å². The Bertz CT molecular complexity index is 1370. The van der Waals surface area contributed by atoms with Crippen LogP contribution < -0.4 is 4.74 Å². The highest BCUT2D eigenvalue weighted by Gasteiger charge is 2.26. The van der Waals surface area contributed by atoms with E-state index < -0.39 is 0 Å². The number of carbonyl (C=O) groups excluding carboxylic acids is 1. The van der Waals surface area contributed by atoms with Crippen molar-refractivity contribution in [3.05, 3.63) is 102 Å². The molecule has 4 aromatic rings. The first-order valence-corrected chi connectivity index (χ1v) is 14.5. The normalized spacial score (nSPS) is 14.2. The Morgan fingerprint density at radius 1 is 0.923 bits per heavy atom. The van der Waals surface area contributed by atoms with Crippen molar-refractivity contribution < 1.29 is 13.9 Å². The van der Waals surface area contributed by atoms with E-state index in [9.17, 15) is 9.18 Å². The number of carbonyl (C=O) groups is 1. The summed E-state index contributed by atoms with van der Waals surface area (Å²) >= 11 is 0. The van der Waals surface area contributed by atoms with Gasteiger partial charge in [-0.25, -0.2) is 4.39 Å². The van der Waals surface area contributed by atoms with Gasteiger partial charge in [-0.3, -0.25) is 4.79 Å². The topological polar surface area (TPSA) is 34.5 Å². The molecule has 3 aromatic carbocycles. The smallest absolute Gasteiger partial charge is 0.253 e. The number of nitrogens with zero attached hydrogens (tertiary/aromatic N) is 2. The molecule has 0 aliphatic carbocycles. The lowest BCUT2D eigenvalue weighted by molar-refractivity contribution is 0.0713. The second kappa shape index (κ2) is 13.0. The largest absolute Gasteiger partial charge is 0.494 e. The lowest BCUT2D eigenvalue weighted by Crippen LogP contribution is -2.37. The van der Waals surface area contributed by atoms with E-state index in [1.165, 1.54) is 48.2 Å². The number of rotatable bonds is 11. The van der Waals surface area contributed by atoms with Crippen molar-refractivity contribution in [2.24, 2.45) is 0 Å². The maximum Gasteiger partial charge on any atom is 0.253 e. The fourth-order valence-electron chi connectivity index (χ4n) is 5.73. The summed E-state index contributed by atoms with van der Waals surface area (Å²) in [6, 6.07) is 22.9. The summed E-state index contributed by atoms with van der Waals surface area (Å²) in [6.45, 7) is 5.06. The van der Waals surface area contributed by atoms with Gasteiger partial charge in [-0.15, -0.1) is 0 Å². The molecule has 0 unspecified atom stereocenters. The van der Waals surface area contributed by atoms with E-state index in [0.29, 0.717) is 12.5 Å². The van der Waals surface area contributed by atoms with Crippen molar-refractivity contribution in [3.8, 4) is 5.75 Å². The highest BCUT2D eigenvalue weighted by Crippen LogP contribution is 2.35. The van der Waals surface area contributed by atoms with Crippen molar-refractivity contribution >= 4 is 16.8 Å². The first-order valence-electron chi connectivity index (χ1n) is 14.5. The zero-order valence-electron chi connectivity index (χ0n) is 22.9. The van der Waals surface area contributed by atoms with Crippen LogP contribution in [0.2, 0.25) is 0 Å². The molecule has 0 bridgehead atoms. The third-order valence-electron chi connectivity index (χ3n) is 7.90. The van der Waals surface area contributed by atoms with Crippen LogP contribution in [0.5, 0.6) is 5.75 Å². The first kappa shape index (κ1) is 27.0. The fraction of sp³-hybridized carbons (Fsp3) is 0.382. The molecule has 1 amide bonds. The number of hydrogen-bond acceptors (Lipinski definition) is 2. The average Bonchev–Trinajstić information content (AvgIpc) is 3.33. The van der Waals surface area contributed by atoms with Crippen LogP contribution in [-0.2, 0) is 6.54 Å². The molecule has 1 aromatic heterocycles. The number of unbranched alkanes of at least 4 members (excludes halogenated alkanes) is 4. The van der Waals surface area contributed by atoms with Gasteiger partial charge in [-0.05, 0) is 78.8 Å². The number of halogens is 1. The van der Waals surface area contributed by atoms with Crippen molar-refractivity contribution in [1.29, 1.82) is 0 Å². The Kier molecular flexibility index (Phi) is 8.97. The van der Waals surface area contributed by atoms with Crippen molar-refractivity contribution in [3.63, 3.8) is 0 Å². The molecule has 1 fully saturated rings. The van der Waals surface area contributed by atoms with Crippen LogP contribution in [-0.4, -0.2) is 35.1 Å². The van der Waals surface area contributed by atoms with E-state index in [1.54, 1.807) is 12.1 Å². The maximum absolute atomic E-state index is 13.8. The van der Waals surface area contributed by atoms with E-state index in [0.717, 1.165) is 55.8 Å². The molecule has 0 saturated carbocycles. The van der Waals surface area contributed by atoms with Crippen LogP contribution in [0.4, 0.5) is 4.39 Å². The molecule has 4 nitrogen and oxygen atoms in total. The number of likely N-dealkylation sites (tertiary alicyclic amines) is 1. The molecule has 1 aliphatic heterocycles. The predicted molar refractivity (Wildman–Crippen MR) is 156 cm³/mol. The van der Waals surface area contributed by atoms with E-state index in [-0.39, 0.29) is 11.7 Å². The number of para-hydroxylation sites is 1. The number of amides is 1. The molecular formula is C34H39FN2O2. The number of hydrogen-bond donors (Lipinski definition) is 0. The van der Waals surface area contributed by atoms with Gasteiger partial charge in [0.2, 0.25) is 0 Å². The van der Waals surface area contributed by atoms with E-state index in [1.807, 2.05) is 35.2 Å². The minimum Gasteiger partial charge on any atom is -0.494 e. The molecule has 5 heteroatoms. The minimum absolute atomic E-state index is 0.0908. The van der Waals surface area contributed by atoms with Crippen molar-refractivity contribution in [1.82, 2.24) is 9.47 Å². The Labute approximate surface area is 231 Å². The van der Waals surface area contributed by atoms with Gasteiger partial charge in [-0.2, -0.15) is 0 Å². The predicted octanol–water partition coefficient (Wildman–Crippen LogP) is 8.20. The monoisotopic (exact) mass is 526 g/mol. The lowest BCUT2D eigenvalue weighted by atomic mass is 9.89. The molecule has 0 spiro atoms. The molecule has 39 heavy (non-hydrogen) atoms. The Hall–Kier alpha value is -3.60. The van der Waals surface area contributed by atoms with Gasteiger partial charge in [0, 0.05) is 42.3 Å². The molecule has 0 N–H and O–H groups in total. The zero-order chi connectivity index (χ0) is 27.0. The third-order valence-corrected chi connectivity index (χ3v) is 7.90. The quantitative estimate of drug-likeness (QED) is 0.185. The summed E-state index contributed by atoms with van der Waals surface area (Å²) in [5.41, 5.74) is 4.16. The summed E-state index contributed by atoms with van der Waals surface area (Å²) in [5, 5.41) is 1.25. The molecule has 1 saturated heterocycles. The Balaban J connectivity index is 1.18.